The van der Waals surface area contributed by atoms with E-state index in [9.17, 15) is 9.18 Å². The average Bonchev–Trinajstić information content (AvgIpc) is 2.44. The number of hydrogen-bond donors (Lipinski definition) is 1. The van der Waals surface area contributed by atoms with E-state index >= 15 is 0 Å². The molecule has 1 N–H and O–H groups in total. The van der Waals surface area contributed by atoms with Crippen molar-refractivity contribution in [2.24, 2.45) is 11.3 Å². The van der Waals surface area contributed by atoms with Crippen LogP contribution in [0.3, 0.4) is 0 Å². The first-order valence-corrected chi connectivity index (χ1v) is 7.52. The number of halogens is 1. The van der Waals surface area contributed by atoms with Gasteiger partial charge < -0.3 is 10.2 Å². The molecule has 1 aliphatic heterocycles. The van der Waals surface area contributed by atoms with Crippen LogP contribution >= 0.6 is 0 Å². The molecule has 4 nitrogen and oxygen atoms in total. The van der Waals surface area contributed by atoms with Gasteiger partial charge in [0.25, 0.3) is 0 Å². The number of rotatable bonds is 3. The lowest BCUT2D eigenvalue weighted by atomic mass is 9.94. The van der Waals surface area contributed by atoms with Crippen molar-refractivity contribution in [3.05, 3.63) is 24.1 Å². The summed E-state index contributed by atoms with van der Waals surface area (Å²) in [4.78, 5) is 18.0. The highest BCUT2D eigenvalue weighted by atomic mass is 19.1. The predicted octanol–water partition coefficient (Wildman–Crippen LogP) is 2.60. The van der Waals surface area contributed by atoms with Crippen molar-refractivity contribution in [1.29, 1.82) is 0 Å². The second-order valence-corrected chi connectivity index (χ2v) is 6.73. The largest absolute Gasteiger partial charge is 0.356 e. The maximum atomic E-state index is 13.2. The van der Waals surface area contributed by atoms with Crippen LogP contribution in [0.2, 0.25) is 0 Å². The number of aromatic nitrogens is 1. The van der Waals surface area contributed by atoms with Crippen molar-refractivity contribution >= 4 is 11.7 Å². The SMILES string of the molecule is CC(C)(C)C(=O)NCC1CCCN(c2cccc(F)n2)C1. The van der Waals surface area contributed by atoms with Gasteiger partial charge in [0.15, 0.2) is 0 Å². The molecule has 0 bridgehead atoms. The molecule has 0 radical (unpaired) electrons. The minimum absolute atomic E-state index is 0.0727. The van der Waals surface area contributed by atoms with Crippen molar-refractivity contribution in [2.75, 3.05) is 24.5 Å². The number of carbonyl (C=O) groups excluding carboxylic acids is 1. The first-order valence-electron chi connectivity index (χ1n) is 7.52. The van der Waals surface area contributed by atoms with Crippen LogP contribution in [0.4, 0.5) is 10.2 Å². The van der Waals surface area contributed by atoms with Crippen molar-refractivity contribution in [1.82, 2.24) is 10.3 Å². The smallest absolute Gasteiger partial charge is 0.225 e. The predicted molar refractivity (Wildman–Crippen MR) is 81.6 cm³/mol. The van der Waals surface area contributed by atoms with Gasteiger partial charge in [-0.15, -0.1) is 0 Å². The zero-order chi connectivity index (χ0) is 15.5. The van der Waals surface area contributed by atoms with Crippen LogP contribution in [0.15, 0.2) is 18.2 Å². The van der Waals surface area contributed by atoms with Crippen LogP contribution in [0.25, 0.3) is 0 Å². The summed E-state index contributed by atoms with van der Waals surface area (Å²) in [6.07, 6.45) is 2.12. The van der Waals surface area contributed by atoms with Gasteiger partial charge >= 0.3 is 0 Å². The van der Waals surface area contributed by atoms with E-state index in [2.05, 4.69) is 15.2 Å². The summed E-state index contributed by atoms with van der Waals surface area (Å²) < 4.78 is 13.2. The fourth-order valence-electron chi connectivity index (χ4n) is 2.52. The number of amides is 1. The number of nitrogens with zero attached hydrogens (tertiary/aromatic N) is 2. The number of pyridine rings is 1. The summed E-state index contributed by atoms with van der Waals surface area (Å²) in [7, 11) is 0. The lowest BCUT2D eigenvalue weighted by molar-refractivity contribution is -0.128. The molecule has 1 amide bonds. The Balaban J connectivity index is 1.91. The molecular weight excluding hydrogens is 269 g/mol. The topological polar surface area (TPSA) is 45.2 Å². The molecular formula is C16H24FN3O. The zero-order valence-corrected chi connectivity index (χ0v) is 13.0. The van der Waals surface area contributed by atoms with Gasteiger partial charge in [0.1, 0.15) is 5.82 Å². The molecule has 1 unspecified atom stereocenters. The Bertz CT molecular complexity index is 499. The van der Waals surface area contributed by atoms with E-state index in [1.807, 2.05) is 26.8 Å². The van der Waals surface area contributed by atoms with Crippen molar-refractivity contribution in [2.45, 2.75) is 33.6 Å². The molecule has 1 aromatic rings. The Morgan fingerprint density at radius 3 is 2.90 bits per heavy atom. The van der Waals surface area contributed by atoms with Gasteiger partial charge in [-0.05, 0) is 30.9 Å². The van der Waals surface area contributed by atoms with E-state index in [1.165, 1.54) is 6.07 Å². The van der Waals surface area contributed by atoms with Crippen molar-refractivity contribution in [3.8, 4) is 0 Å². The highest BCUT2D eigenvalue weighted by molar-refractivity contribution is 5.81. The molecule has 1 atom stereocenters. The average molecular weight is 293 g/mol. The highest BCUT2D eigenvalue weighted by Crippen LogP contribution is 2.22. The third-order valence-corrected chi connectivity index (χ3v) is 3.78. The van der Waals surface area contributed by atoms with Crippen LogP contribution in [-0.4, -0.2) is 30.5 Å². The van der Waals surface area contributed by atoms with Gasteiger partial charge in [0.05, 0.1) is 0 Å². The van der Waals surface area contributed by atoms with Crippen LogP contribution < -0.4 is 10.2 Å². The summed E-state index contributed by atoms with van der Waals surface area (Å²) in [6, 6.07) is 4.87. The first-order chi connectivity index (χ1) is 9.86. The number of anilines is 1. The van der Waals surface area contributed by atoms with E-state index in [-0.39, 0.29) is 11.3 Å². The third kappa shape index (κ3) is 4.41. The lowest BCUT2D eigenvalue weighted by Gasteiger charge is -2.34. The summed E-state index contributed by atoms with van der Waals surface area (Å²) in [6.45, 7) is 8.09. The Labute approximate surface area is 125 Å². The van der Waals surface area contributed by atoms with Gasteiger partial charge in [-0.2, -0.15) is 4.39 Å². The van der Waals surface area contributed by atoms with Crippen LogP contribution in [0, 0.1) is 17.3 Å². The quantitative estimate of drug-likeness (QED) is 0.871. The van der Waals surface area contributed by atoms with E-state index in [0.29, 0.717) is 18.3 Å². The Morgan fingerprint density at radius 2 is 2.24 bits per heavy atom. The monoisotopic (exact) mass is 293 g/mol. The lowest BCUT2D eigenvalue weighted by Crippen LogP contribution is -2.43. The second kappa shape index (κ2) is 6.41. The molecule has 2 rings (SSSR count). The molecule has 0 saturated carbocycles. The van der Waals surface area contributed by atoms with Crippen LogP contribution in [0.1, 0.15) is 33.6 Å². The number of carbonyl (C=O) groups is 1. The van der Waals surface area contributed by atoms with E-state index in [0.717, 1.165) is 25.9 Å². The Morgan fingerprint density at radius 1 is 1.48 bits per heavy atom. The minimum atomic E-state index is -0.448. The first kappa shape index (κ1) is 15.7. The standard InChI is InChI=1S/C16H24FN3O/c1-16(2,3)15(21)18-10-12-6-5-9-20(11-12)14-8-4-7-13(17)19-14/h4,7-8,12H,5-6,9-11H2,1-3H3,(H,18,21). The molecule has 5 heteroatoms. The fourth-order valence-corrected chi connectivity index (χ4v) is 2.52. The molecule has 2 heterocycles. The molecule has 21 heavy (non-hydrogen) atoms. The van der Waals surface area contributed by atoms with Crippen molar-refractivity contribution < 1.29 is 9.18 Å². The van der Waals surface area contributed by atoms with Gasteiger partial charge in [-0.1, -0.05) is 26.8 Å². The normalized spacial score (nSPS) is 19.4. The Hall–Kier alpha value is -1.65. The minimum Gasteiger partial charge on any atom is -0.356 e. The van der Waals surface area contributed by atoms with Gasteiger partial charge in [-0.25, -0.2) is 4.98 Å². The van der Waals surface area contributed by atoms with Crippen LogP contribution in [-0.2, 0) is 4.79 Å². The van der Waals surface area contributed by atoms with Gasteiger partial charge in [-0.3, -0.25) is 4.79 Å². The van der Waals surface area contributed by atoms with E-state index in [4.69, 9.17) is 0 Å². The van der Waals surface area contributed by atoms with Crippen LogP contribution in [0.5, 0.6) is 0 Å². The maximum absolute atomic E-state index is 13.2. The zero-order valence-electron chi connectivity index (χ0n) is 13.0. The molecule has 1 fully saturated rings. The second-order valence-electron chi connectivity index (χ2n) is 6.73. The number of nitrogens with one attached hydrogen (secondary N) is 1. The molecule has 0 spiro atoms. The molecule has 116 valence electrons. The molecule has 0 aromatic carbocycles. The van der Waals surface area contributed by atoms with Crippen molar-refractivity contribution in [3.63, 3.8) is 0 Å². The number of piperidine rings is 1. The molecule has 1 aliphatic rings. The van der Waals surface area contributed by atoms with Gasteiger partial charge in [0, 0.05) is 25.0 Å². The molecule has 1 aromatic heterocycles. The maximum Gasteiger partial charge on any atom is 0.225 e. The third-order valence-electron chi connectivity index (χ3n) is 3.78. The molecule has 0 aliphatic carbocycles. The molecule has 1 saturated heterocycles. The summed E-state index contributed by atoms with van der Waals surface area (Å²) in [5, 5.41) is 3.02. The van der Waals surface area contributed by atoms with E-state index < -0.39 is 5.95 Å². The summed E-state index contributed by atoms with van der Waals surface area (Å²) in [5.41, 5.74) is -0.363. The Kier molecular flexibility index (Phi) is 4.80. The van der Waals surface area contributed by atoms with Gasteiger partial charge in [0.2, 0.25) is 11.9 Å². The fraction of sp³-hybridized carbons (Fsp3) is 0.625. The number of hydrogen-bond acceptors (Lipinski definition) is 3. The highest BCUT2D eigenvalue weighted by Gasteiger charge is 2.25. The summed E-state index contributed by atoms with van der Waals surface area (Å²) >= 11 is 0. The van der Waals surface area contributed by atoms with E-state index in [1.54, 1.807) is 6.07 Å². The summed E-state index contributed by atoms with van der Waals surface area (Å²) in [5.74, 6) is 0.691.